The number of rotatable bonds is 8. The highest BCUT2D eigenvalue weighted by Crippen LogP contribution is 2.38. The molecule has 0 fully saturated rings. The number of nitrogens with one attached hydrogen (secondary N) is 1. The van der Waals surface area contributed by atoms with Gasteiger partial charge in [-0.3, -0.25) is 4.79 Å². The molecule has 3 N–H and O–H groups in total. The summed E-state index contributed by atoms with van der Waals surface area (Å²) in [4.78, 5) is 16.1. The average molecular weight is 487 g/mol. The van der Waals surface area contributed by atoms with Crippen molar-refractivity contribution in [1.29, 1.82) is 0 Å². The first-order chi connectivity index (χ1) is 16.8. The Morgan fingerprint density at radius 3 is 2.49 bits per heavy atom. The number of aromatic nitrogens is 4. The van der Waals surface area contributed by atoms with Crippen LogP contribution in [0.5, 0.6) is 0 Å². The molecule has 2 heterocycles. The summed E-state index contributed by atoms with van der Waals surface area (Å²) in [5.74, 6) is -0.959. The molecule has 182 valence electrons. The van der Waals surface area contributed by atoms with Crippen LogP contribution in [0.25, 0.3) is 28.5 Å². The minimum Gasteiger partial charge on any atom is -0.396 e. The van der Waals surface area contributed by atoms with Gasteiger partial charge in [0.05, 0.1) is 17.4 Å². The summed E-state index contributed by atoms with van der Waals surface area (Å²) in [7, 11) is 0. The molecule has 0 aliphatic heterocycles. The van der Waals surface area contributed by atoms with Crippen LogP contribution < -0.4 is 5.32 Å². The van der Waals surface area contributed by atoms with E-state index >= 15 is 0 Å². The van der Waals surface area contributed by atoms with Crippen LogP contribution in [0.4, 0.5) is 13.2 Å². The van der Waals surface area contributed by atoms with Crippen molar-refractivity contribution in [2.24, 2.45) is 0 Å². The number of benzene rings is 2. The zero-order chi connectivity index (χ0) is 25.0. The van der Waals surface area contributed by atoms with E-state index in [4.69, 9.17) is 9.63 Å². The van der Waals surface area contributed by atoms with Crippen LogP contribution in [0.2, 0.25) is 0 Å². The first kappa shape index (κ1) is 24.1. The summed E-state index contributed by atoms with van der Waals surface area (Å²) in [6, 6.07) is 13.8. The Labute approximate surface area is 196 Å². The van der Waals surface area contributed by atoms with Crippen LogP contribution in [0.3, 0.4) is 0 Å². The molecule has 0 aliphatic rings. The van der Waals surface area contributed by atoms with Crippen molar-refractivity contribution >= 4 is 5.91 Å². The summed E-state index contributed by atoms with van der Waals surface area (Å²) in [6.45, 7) is 0.131. The topological polar surface area (TPSA) is 126 Å². The minimum atomic E-state index is -4.74. The highest BCUT2D eigenvalue weighted by atomic mass is 19.4. The van der Waals surface area contributed by atoms with E-state index in [1.54, 1.807) is 18.2 Å². The molecule has 4 aromatic rings. The molecule has 0 aliphatic carbocycles. The predicted octanol–water partition coefficient (Wildman–Crippen LogP) is 3.14. The third kappa shape index (κ3) is 5.23. The quantitative estimate of drug-likeness (QED) is 0.326. The van der Waals surface area contributed by atoms with E-state index in [0.717, 1.165) is 10.9 Å². The van der Waals surface area contributed by atoms with Crippen molar-refractivity contribution < 1.29 is 32.7 Å². The lowest BCUT2D eigenvalue weighted by molar-refractivity contribution is -0.142. The van der Waals surface area contributed by atoms with E-state index in [-0.39, 0.29) is 36.1 Å². The van der Waals surface area contributed by atoms with Gasteiger partial charge in [0.15, 0.2) is 11.8 Å². The molecule has 2 aromatic heterocycles. The number of halogens is 3. The Hall–Kier alpha value is -4.03. The Balaban J connectivity index is 1.58. The lowest BCUT2D eigenvalue weighted by atomic mass is 10.1. The molecule has 0 bridgehead atoms. The zero-order valence-electron chi connectivity index (χ0n) is 18.1. The van der Waals surface area contributed by atoms with E-state index in [1.165, 1.54) is 36.4 Å². The van der Waals surface area contributed by atoms with Crippen LogP contribution in [0, 0.1) is 0 Å². The van der Waals surface area contributed by atoms with Gasteiger partial charge in [-0.1, -0.05) is 47.6 Å². The maximum Gasteiger partial charge on any atom is 0.434 e. The number of aliphatic hydroxyl groups is 2. The van der Waals surface area contributed by atoms with Gasteiger partial charge >= 0.3 is 6.18 Å². The third-order valence-corrected chi connectivity index (χ3v) is 5.06. The maximum atomic E-state index is 13.9. The SMILES string of the molecule is O=C(NCCCO)[C@H](O)c1ccc(-c2noc(-c3cnn(-c4ccccc4)c3C(F)(F)F)n2)cc1. The molecule has 2 aromatic carbocycles. The number of hydrogen-bond donors (Lipinski definition) is 3. The largest absolute Gasteiger partial charge is 0.434 e. The van der Waals surface area contributed by atoms with Gasteiger partial charge < -0.3 is 20.1 Å². The van der Waals surface area contributed by atoms with Crippen LogP contribution in [0.1, 0.15) is 23.8 Å². The van der Waals surface area contributed by atoms with Crippen LogP contribution in [-0.2, 0) is 11.0 Å². The van der Waals surface area contributed by atoms with Crippen LogP contribution in [0.15, 0.2) is 65.3 Å². The van der Waals surface area contributed by atoms with Gasteiger partial charge in [-0.2, -0.15) is 23.3 Å². The number of para-hydroxylation sites is 1. The highest BCUT2D eigenvalue weighted by molar-refractivity contribution is 5.82. The van der Waals surface area contributed by atoms with E-state index in [1.807, 2.05) is 0 Å². The number of alkyl halides is 3. The van der Waals surface area contributed by atoms with Gasteiger partial charge in [-0.15, -0.1) is 0 Å². The first-order valence-corrected chi connectivity index (χ1v) is 10.5. The van der Waals surface area contributed by atoms with Crippen LogP contribution in [-0.4, -0.2) is 49.2 Å². The molecule has 9 nitrogen and oxygen atoms in total. The van der Waals surface area contributed by atoms with Crippen molar-refractivity contribution in [2.75, 3.05) is 13.2 Å². The Morgan fingerprint density at radius 1 is 1.11 bits per heavy atom. The molecule has 35 heavy (non-hydrogen) atoms. The average Bonchev–Trinajstić information content (AvgIpc) is 3.52. The molecule has 0 radical (unpaired) electrons. The van der Waals surface area contributed by atoms with Crippen molar-refractivity contribution in [2.45, 2.75) is 18.7 Å². The molecule has 0 unspecified atom stereocenters. The summed E-state index contributed by atoms with van der Waals surface area (Å²) >= 11 is 0. The second-order valence-corrected chi connectivity index (χ2v) is 7.47. The molecule has 1 atom stereocenters. The van der Waals surface area contributed by atoms with Gasteiger partial charge in [0.2, 0.25) is 5.82 Å². The summed E-state index contributed by atoms with van der Waals surface area (Å²) in [6.07, 6.45) is -4.80. The fraction of sp³-hybridized carbons (Fsp3) is 0.217. The highest BCUT2D eigenvalue weighted by Gasteiger charge is 2.40. The minimum absolute atomic E-state index is 0.0222. The smallest absolute Gasteiger partial charge is 0.396 e. The predicted molar refractivity (Wildman–Crippen MR) is 117 cm³/mol. The van der Waals surface area contributed by atoms with E-state index in [9.17, 15) is 23.1 Å². The fourth-order valence-corrected chi connectivity index (χ4v) is 3.35. The van der Waals surface area contributed by atoms with E-state index in [2.05, 4.69) is 20.6 Å². The summed E-state index contributed by atoms with van der Waals surface area (Å²) in [5.41, 5.74) is -0.500. The summed E-state index contributed by atoms with van der Waals surface area (Å²) < 4.78 is 47.6. The van der Waals surface area contributed by atoms with E-state index in [0.29, 0.717) is 17.5 Å². The van der Waals surface area contributed by atoms with Gasteiger partial charge in [-0.25, -0.2) is 4.68 Å². The first-order valence-electron chi connectivity index (χ1n) is 10.5. The van der Waals surface area contributed by atoms with Gasteiger partial charge in [-0.05, 0) is 24.1 Å². The Kier molecular flexibility index (Phi) is 6.94. The monoisotopic (exact) mass is 487 g/mol. The van der Waals surface area contributed by atoms with Gasteiger partial charge in [0.25, 0.3) is 11.8 Å². The number of hydrogen-bond acceptors (Lipinski definition) is 7. The normalized spacial score (nSPS) is 12.5. The molecule has 0 saturated heterocycles. The number of amides is 1. The van der Waals surface area contributed by atoms with Crippen LogP contribution >= 0.6 is 0 Å². The molecular formula is C23H20F3N5O4. The third-order valence-electron chi connectivity index (χ3n) is 5.06. The number of carbonyl (C=O) groups is 1. The van der Waals surface area contributed by atoms with E-state index < -0.39 is 23.9 Å². The Bertz CT molecular complexity index is 1290. The zero-order valence-corrected chi connectivity index (χ0v) is 18.1. The number of aliphatic hydroxyl groups excluding tert-OH is 2. The van der Waals surface area contributed by atoms with Crippen molar-refractivity contribution in [1.82, 2.24) is 25.2 Å². The second kappa shape index (κ2) is 10.1. The summed E-state index contributed by atoms with van der Waals surface area (Å²) in [5, 5.41) is 29.1. The molecule has 4 rings (SSSR count). The standard InChI is InChI=1S/C23H20F3N5O4/c24-23(25,26)19-17(13-28-31(19)16-5-2-1-3-6-16)22-29-20(30-35-22)15-9-7-14(8-10-15)18(33)21(34)27-11-4-12-32/h1-3,5-10,13,18,32-33H,4,11-12H2,(H,27,34)/t18-/m1/s1. The molecule has 1 amide bonds. The van der Waals surface area contributed by atoms with Crippen molar-refractivity contribution in [3.63, 3.8) is 0 Å². The van der Waals surface area contributed by atoms with Gasteiger partial charge in [0, 0.05) is 18.7 Å². The molecule has 12 heteroatoms. The molecular weight excluding hydrogens is 467 g/mol. The van der Waals surface area contributed by atoms with Gasteiger partial charge in [0.1, 0.15) is 0 Å². The number of nitrogens with zero attached hydrogens (tertiary/aromatic N) is 4. The van der Waals surface area contributed by atoms with Crippen molar-refractivity contribution in [3.05, 3.63) is 72.1 Å². The number of carbonyl (C=O) groups excluding carboxylic acids is 1. The Morgan fingerprint density at radius 2 is 1.83 bits per heavy atom. The van der Waals surface area contributed by atoms with Crippen molar-refractivity contribution in [3.8, 4) is 28.5 Å². The second-order valence-electron chi connectivity index (χ2n) is 7.47. The lowest BCUT2D eigenvalue weighted by Crippen LogP contribution is -2.30. The maximum absolute atomic E-state index is 13.9. The fourth-order valence-electron chi connectivity index (χ4n) is 3.35. The molecule has 0 saturated carbocycles. The molecule has 0 spiro atoms. The lowest BCUT2D eigenvalue weighted by Gasteiger charge is -2.11.